The van der Waals surface area contributed by atoms with E-state index in [4.69, 9.17) is 21.4 Å². The van der Waals surface area contributed by atoms with Crippen LogP contribution in [0.15, 0.2) is 66.9 Å². The number of hydrogen-bond acceptors (Lipinski definition) is 4. The van der Waals surface area contributed by atoms with Crippen molar-refractivity contribution in [2.75, 3.05) is 18.0 Å². The summed E-state index contributed by atoms with van der Waals surface area (Å²) < 4.78 is 44.0. The first-order chi connectivity index (χ1) is 16.2. The van der Waals surface area contributed by atoms with Gasteiger partial charge in [-0.2, -0.15) is 13.2 Å². The Kier molecular flexibility index (Phi) is 6.79. The van der Waals surface area contributed by atoms with Crippen LogP contribution in [0.2, 0.25) is 5.02 Å². The fourth-order valence-corrected chi connectivity index (χ4v) is 4.08. The number of hydrogen-bond donors (Lipinski definition) is 1. The van der Waals surface area contributed by atoms with Crippen molar-refractivity contribution in [2.45, 2.75) is 18.7 Å². The van der Waals surface area contributed by atoms with E-state index in [-0.39, 0.29) is 12.0 Å². The van der Waals surface area contributed by atoms with Crippen LogP contribution in [-0.4, -0.2) is 35.3 Å². The van der Waals surface area contributed by atoms with Crippen LogP contribution < -0.4 is 9.64 Å². The van der Waals surface area contributed by atoms with E-state index in [1.807, 2.05) is 41.3 Å². The minimum absolute atomic E-state index is 0.125. The third kappa shape index (κ3) is 5.51. The standard InChI is InChI=1S/C25H20ClF3N2O3/c26-21-4-2-1-3-20(21)16-5-8-22(17(13-16)6-10-24(32)33)31-12-11-19(15-31)34-23-9-7-18(14-30-23)25(27,28)29/h1-10,13-14,19H,11-12,15H2,(H,32,33)/b10-6+. The Balaban J connectivity index is 1.54. The molecule has 0 spiro atoms. The van der Waals surface area contributed by atoms with Crippen molar-refractivity contribution in [2.24, 2.45) is 0 Å². The van der Waals surface area contributed by atoms with Gasteiger partial charge in [0.05, 0.1) is 12.1 Å². The maximum absolute atomic E-state index is 12.7. The maximum atomic E-state index is 12.7. The summed E-state index contributed by atoms with van der Waals surface area (Å²) in [7, 11) is 0. The van der Waals surface area contributed by atoms with Crippen LogP contribution in [-0.2, 0) is 11.0 Å². The van der Waals surface area contributed by atoms with E-state index in [1.165, 1.54) is 12.1 Å². The van der Waals surface area contributed by atoms with Gasteiger partial charge in [0, 0.05) is 47.6 Å². The summed E-state index contributed by atoms with van der Waals surface area (Å²) in [5.41, 5.74) is 2.37. The van der Waals surface area contributed by atoms with E-state index in [0.717, 1.165) is 35.2 Å². The molecular formula is C25H20ClF3N2O3. The van der Waals surface area contributed by atoms with E-state index in [0.29, 0.717) is 30.1 Å². The second-order valence-corrected chi connectivity index (χ2v) is 8.19. The zero-order valence-electron chi connectivity index (χ0n) is 17.8. The molecule has 1 aliphatic heterocycles. The Morgan fingerprint density at radius 1 is 1.18 bits per heavy atom. The minimum Gasteiger partial charge on any atom is -0.478 e. The number of benzene rings is 2. The van der Waals surface area contributed by atoms with Crippen LogP contribution in [0.4, 0.5) is 18.9 Å². The van der Waals surface area contributed by atoms with Gasteiger partial charge in [-0.15, -0.1) is 0 Å². The molecule has 0 bridgehead atoms. The van der Waals surface area contributed by atoms with Crippen molar-refractivity contribution < 1.29 is 27.8 Å². The van der Waals surface area contributed by atoms with Gasteiger partial charge in [-0.05, 0) is 41.5 Å². The topological polar surface area (TPSA) is 62.7 Å². The number of aliphatic carboxylic acids is 1. The summed E-state index contributed by atoms with van der Waals surface area (Å²) in [5, 5.41) is 9.70. The Morgan fingerprint density at radius 3 is 2.65 bits per heavy atom. The van der Waals surface area contributed by atoms with Gasteiger partial charge >= 0.3 is 12.1 Å². The van der Waals surface area contributed by atoms with Crippen molar-refractivity contribution in [3.8, 4) is 17.0 Å². The first-order valence-corrected chi connectivity index (χ1v) is 10.8. The van der Waals surface area contributed by atoms with Gasteiger partial charge in [-0.3, -0.25) is 0 Å². The smallest absolute Gasteiger partial charge is 0.417 e. The van der Waals surface area contributed by atoms with Gasteiger partial charge in [0.15, 0.2) is 0 Å². The number of halogens is 4. The SMILES string of the molecule is O=C(O)/C=C/c1cc(-c2ccccc2Cl)ccc1N1CCC(Oc2ccc(C(F)(F)F)cn2)C1. The van der Waals surface area contributed by atoms with Crippen LogP contribution in [0.1, 0.15) is 17.5 Å². The Bertz CT molecular complexity index is 1210. The molecule has 2 heterocycles. The van der Waals surface area contributed by atoms with Crippen LogP contribution in [0.3, 0.4) is 0 Å². The lowest BCUT2D eigenvalue weighted by molar-refractivity contribution is -0.138. The molecule has 176 valence electrons. The highest BCUT2D eigenvalue weighted by molar-refractivity contribution is 6.33. The molecule has 0 amide bonds. The second-order valence-electron chi connectivity index (χ2n) is 7.78. The van der Waals surface area contributed by atoms with Crippen LogP contribution in [0, 0.1) is 0 Å². The zero-order chi connectivity index (χ0) is 24.3. The monoisotopic (exact) mass is 488 g/mol. The normalized spacial score (nSPS) is 16.2. The minimum atomic E-state index is -4.45. The third-order valence-corrected chi connectivity index (χ3v) is 5.78. The number of carbonyl (C=O) groups is 1. The molecule has 3 aromatic rings. The van der Waals surface area contributed by atoms with Gasteiger partial charge in [-0.25, -0.2) is 9.78 Å². The second kappa shape index (κ2) is 9.77. The summed E-state index contributed by atoms with van der Waals surface area (Å²) in [6, 6.07) is 15.2. The molecule has 5 nitrogen and oxygen atoms in total. The molecule has 1 fully saturated rings. The van der Waals surface area contributed by atoms with Crippen molar-refractivity contribution in [1.29, 1.82) is 0 Å². The van der Waals surface area contributed by atoms with Crippen molar-refractivity contribution in [1.82, 2.24) is 4.98 Å². The Hall–Kier alpha value is -3.52. The average molecular weight is 489 g/mol. The molecule has 1 saturated heterocycles. The summed E-state index contributed by atoms with van der Waals surface area (Å²) in [6.45, 7) is 1.10. The molecule has 34 heavy (non-hydrogen) atoms. The highest BCUT2D eigenvalue weighted by Crippen LogP contribution is 2.34. The van der Waals surface area contributed by atoms with E-state index < -0.39 is 17.7 Å². The molecule has 2 aromatic carbocycles. The molecule has 1 aromatic heterocycles. The van der Waals surface area contributed by atoms with Gasteiger partial charge in [0.1, 0.15) is 6.10 Å². The van der Waals surface area contributed by atoms with E-state index in [2.05, 4.69) is 4.98 Å². The summed E-state index contributed by atoms with van der Waals surface area (Å²) in [5.74, 6) is -0.940. The van der Waals surface area contributed by atoms with Crippen LogP contribution in [0.5, 0.6) is 5.88 Å². The number of carboxylic acids is 1. The number of pyridine rings is 1. The van der Waals surface area contributed by atoms with E-state index in [1.54, 1.807) is 6.07 Å². The lowest BCUT2D eigenvalue weighted by Crippen LogP contribution is -2.25. The number of rotatable bonds is 6. The highest BCUT2D eigenvalue weighted by Gasteiger charge is 2.31. The number of alkyl halides is 3. The first-order valence-electron chi connectivity index (χ1n) is 10.5. The first kappa shape index (κ1) is 23.6. The molecule has 0 aliphatic carbocycles. The Labute approximate surface area is 199 Å². The fraction of sp³-hybridized carbons (Fsp3) is 0.200. The zero-order valence-corrected chi connectivity index (χ0v) is 18.6. The average Bonchev–Trinajstić information content (AvgIpc) is 3.26. The predicted molar refractivity (Wildman–Crippen MR) is 124 cm³/mol. The number of nitrogens with zero attached hydrogens (tertiary/aromatic N) is 2. The number of anilines is 1. The van der Waals surface area contributed by atoms with E-state index >= 15 is 0 Å². The van der Waals surface area contributed by atoms with Gasteiger partial charge in [0.25, 0.3) is 0 Å². The summed E-state index contributed by atoms with van der Waals surface area (Å²) >= 11 is 6.33. The summed E-state index contributed by atoms with van der Waals surface area (Å²) in [4.78, 5) is 17.0. The van der Waals surface area contributed by atoms with Crippen molar-refractivity contribution >= 4 is 29.3 Å². The lowest BCUT2D eigenvalue weighted by atomic mass is 10.0. The number of carboxylic acid groups (broad SMARTS) is 1. The highest BCUT2D eigenvalue weighted by atomic mass is 35.5. The number of aromatic nitrogens is 1. The van der Waals surface area contributed by atoms with Crippen molar-refractivity contribution in [3.63, 3.8) is 0 Å². The van der Waals surface area contributed by atoms with Gasteiger partial charge in [-0.1, -0.05) is 35.9 Å². The molecule has 1 N–H and O–H groups in total. The Morgan fingerprint density at radius 2 is 1.97 bits per heavy atom. The lowest BCUT2D eigenvalue weighted by Gasteiger charge is -2.22. The predicted octanol–water partition coefficient (Wildman–Crippen LogP) is 6.18. The quantitative estimate of drug-likeness (QED) is 0.420. The largest absolute Gasteiger partial charge is 0.478 e. The van der Waals surface area contributed by atoms with E-state index in [9.17, 15) is 18.0 Å². The van der Waals surface area contributed by atoms with Gasteiger partial charge in [0.2, 0.25) is 5.88 Å². The molecule has 1 aliphatic rings. The molecule has 1 atom stereocenters. The molecule has 9 heteroatoms. The molecule has 0 radical (unpaired) electrons. The third-order valence-electron chi connectivity index (χ3n) is 5.45. The van der Waals surface area contributed by atoms with Gasteiger partial charge < -0.3 is 14.7 Å². The summed E-state index contributed by atoms with van der Waals surface area (Å²) in [6.07, 6.45) is -0.731. The molecule has 1 unspecified atom stereocenters. The van der Waals surface area contributed by atoms with Crippen LogP contribution >= 0.6 is 11.6 Å². The molecule has 4 rings (SSSR count). The fourth-order valence-electron chi connectivity index (χ4n) is 3.83. The van der Waals surface area contributed by atoms with Crippen LogP contribution in [0.25, 0.3) is 17.2 Å². The molecule has 0 saturated carbocycles. The van der Waals surface area contributed by atoms with Crippen molar-refractivity contribution in [3.05, 3.63) is 83.0 Å². The maximum Gasteiger partial charge on any atom is 0.417 e. The molecular weight excluding hydrogens is 469 g/mol. The number of ether oxygens (including phenoxy) is 1.